The molecule has 2 aromatic rings. The molecule has 3 atom stereocenters. The average molecular weight is 346 g/mol. The van der Waals surface area contributed by atoms with Crippen molar-refractivity contribution in [3.8, 4) is 17.5 Å². The summed E-state index contributed by atoms with van der Waals surface area (Å²) in [6, 6.07) is 5.60. The SMILES string of the molecule is C[C@H]1C(=O)C(C#N)=C[C@@]2(C)c3nc(-c4ccncc4)[nH]c(=O)c3CC[C@H]12. The number of rotatable bonds is 1. The predicted octanol–water partition coefficient (Wildman–Crippen LogP) is 2.32. The first-order valence-corrected chi connectivity index (χ1v) is 8.67. The second kappa shape index (κ2) is 5.73. The molecule has 0 radical (unpaired) electrons. The number of fused-ring (bicyclic) bond motifs is 3. The highest BCUT2D eigenvalue weighted by Crippen LogP contribution is 2.48. The van der Waals surface area contributed by atoms with Gasteiger partial charge in [-0.2, -0.15) is 5.26 Å². The van der Waals surface area contributed by atoms with E-state index in [-0.39, 0.29) is 28.8 Å². The van der Waals surface area contributed by atoms with Crippen molar-refractivity contribution in [1.29, 1.82) is 5.26 Å². The molecular weight excluding hydrogens is 328 g/mol. The lowest BCUT2D eigenvalue weighted by molar-refractivity contribution is -0.121. The van der Waals surface area contributed by atoms with Crippen LogP contribution in [0.15, 0.2) is 41.0 Å². The Morgan fingerprint density at radius 3 is 2.73 bits per heavy atom. The normalized spacial score (nSPS) is 27.1. The van der Waals surface area contributed by atoms with Crippen molar-refractivity contribution < 1.29 is 4.79 Å². The van der Waals surface area contributed by atoms with Gasteiger partial charge in [0.2, 0.25) is 0 Å². The Balaban J connectivity index is 1.97. The summed E-state index contributed by atoms with van der Waals surface area (Å²) in [5.74, 6) is 0.129. The van der Waals surface area contributed by atoms with Gasteiger partial charge in [0.05, 0.1) is 11.3 Å². The van der Waals surface area contributed by atoms with Crippen molar-refractivity contribution in [3.05, 3.63) is 57.8 Å². The van der Waals surface area contributed by atoms with Crippen molar-refractivity contribution in [2.75, 3.05) is 0 Å². The highest BCUT2D eigenvalue weighted by molar-refractivity contribution is 6.02. The molecule has 0 saturated heterocycles. The smallest absolute Gasteiger partial charge is 0.254 e. The van der Waals surface area contributed by atoms with E-state index >= 15 is 0 Å². The van der Waals surface area contributed by atoms with Crippen LogP contribution in [0, 0.1) is 23.2 Å². The number of hydrogen-bond acceptors (Lipinski definition) is 5. The zero-order chi connectivity index (χ0) is 18.5. The van der Waals surface area contributed by atoms with Crippen molar-refractivity contribution in [3.63, 3.8) is 0 Å². The standard InChI is InChI=1S/C20H18N4O2/c1-11-15-4-3-14-17(20(15,2)9-13(10-21)16(11)25)23-18(24-19(14)26)12-5-7-22-8-6-12/h5-9,11,15H,3-4H2,1-2H3,(H,23,24,26)/t11-,15-,20-/m1/s1. The van der Waals surface area contributed by atoms with Crippen LogP contribution in [0.25, 0.3) is 11.4 Å². The summed E-state index contributed by atoms with van der Waals surface area (Å²) in [6.07, 6.45) is 6.33. The molecule has 0 fully saturated rings. The summed E-state index contributed by atoms with van der Waals surface area (Å²) >= 11 is 0. The van der Waals surface area contributed by atoms with Gasteiger partial charge in [-0.15, -0.1) is 0 Å². The number of Topliss-reactive ketones (excluding diaryl/α,β-unsaturated/α-hetero) is 1. The van der Waals surface area contributed by atoms with E-state index in [2.05, 4.69) is 9.97 Å². The first-order valence-electron chi connectivity index (χ1n) is 8.67. The van der Waals surface area contributed by atoms with Gasteiger partial charge in [-0.05, 0) is 30.9 Å². The lowest BCUT2D eigenvalue weighted by Crippen LogP contribution is -2.47. The minimum atomic E-state index is -0.609. The maximum Gasteiger partial charge on any atom is 0.254 e. The van der Waals surface area contributed by atoms with Crippen molar-refractivity contribution in [2.45, 2.75) is 32.1 Å². The van der Waals surface area contributed by atoms with Gasteiger partial charge < -0.3 is 4.98 Å². The molecule has 2 heterocycles. The fourth-order valence-electron chi connectivity index (χ4n) is 4.43. The van der Waals surface area contributed by atoms with Gasteiger partial charge in [-0.1, -0.05) is 19.9 Å². The Bertz CT molecular complexity index is 1030. The maximum absolute atomic E-state index is 12.7. The van der Waals surface area contributed by atoms with Crippen LogP contribution in [0.3, 0.4) is 0 Å². The second-order valence-corrected chi connectivity index (χ2v) is 7.23. The summed E-state index contributed by atoms with van der Waals surface area (Å²) < 4.78 is 0. The first kappa shape index (κ1) is 16.4. The molecule has 26 heavy (non-hydrogen) atoms. The zero-order valence-electron chi connectivity index (χ0n) is 14.6. The van der Waals surface area contributed by atoms with Crippen LogP contribution in [0.1, 0.15) is 31.5 Å². The fraction of sp³-hybridized carbons (Fsp3) is 0.350. The molecule has 0 saturated carbocycles. The van der Waals surface area contributed by atoms with Crippen molar-refractivity contribution in [2.24, 2.45) is 11.8 Å². The molecule has 4 rings (SSSR count). The second-order valence-electron chi connectivity index (χ2n) is 7.23. The highest BCUT2D eigenvalue weighted by Gasteiger charge is 2.49. The number of allylic oxidation sites excluding steroid dienone is 2. The van der Waals surface area contributed by atoms with Gasteiger partial charge in [0.15, 0.2) is 5.78 Å². The van der Waals surface area contributed by atoms with Crippen LogP contribution in [0.2, 0.25) is 0 Å². The van der Waals surface area contributed by atoms with E-state index in [1.54, 1.807) is 30.6 Å². The molecule has 130 valence electrons. The summed E-state index contributed by atoms with van der Waals surface area (Å²) in [7, 11) is 0. The Morgan fingerprint density at radius 2 is 2.04 bits per heavy atom. The molecule has 0 aliphatic heterocycles. The third-order valence-corrected chi connectivity index (χ3v) is 5.80. The molecule has 2 aliphatic carbocycles. The minimum absolute atomic E-state index is 0.0270. The lowest BCUT2D eigenvalue weighted by Gasteiger charge is -2.45. The Labute approximate surface area is 150 Å². The number of carbonyl (C=O) groups excluding carboxylic acids is 1. The van der Waals surface area contributed by atoms with Gasteiger partial charge in [-0.3, -0.25) is 14.6 Å². The number of pyridine rings is 1. The molecule has 2 aliphatic rings. The van der Waals surface area contributed by atoms with E-state index in [1.165, 1.54) is 0 Å². The number of aromatic amines is 1. The van der Waals surface area contributed by atoms with Gasteiger partial charge in [0.1, 0.15) is 11.9 Å². The molecule has 6 heteroatoms. The van der Waals surface area contributed by atoms with E-state index in [0.717, 1.165) is 12.0 Å². The number of ketones is 1. The van der Waals surface area contributed by atoms with Gasteiger partial charge in [-0.25, -0.2) is 4.98 Å². The summed E-state index contributed by atoms with van der Waals surface area (Å²) in [5.41, 5.74) is 1.50. The fourth-order valence-corrected chi connectivity index (χ4v) is 4.43. The van der Waals surface area contributed by atoms with Crippen LogP contribution < -0.4 is 5.56 Å². The highest BCUT2D eigenvalue weighted by atomic mass is 16.1. The van der Waals surface area contributed by atoms with E-state index in [4.69, 9.17) is 4.98 Å². The molecule has 2 aromatic heterocycles. The average Bonchev–Trinajstić information content (AvgIpc) is 2.65. The van der Waals surface area contributed by atoms with E-state index in [0.29, 0.717) is 23.5 Å². The van der Waals surface area contributed by atoms with Crippen LogP contribution in [-0.2, 0) is 16.6 Å². The van der Waals surface area contributed by atoms with E-state index in [1.807, 2.05) is 19.9 Å². The van der Waals surface area contributed by atoms with Crippen LogP contribution >= 0.6 is 0 Å². The largest absolute Gasteiger partial charge is 0.306 e. The third-order valence-electron chi connectivity index (χ3n) is 5.80. The molecule has 6 nitrogen and oxygen atoms in total. The molecule has 0 amide bonds. The van der Waals surface area contributed by atoms with E-state index in [9.17, 15) is 14.9 Å². The Hall–Kier alpha value is -3.07. The minimum Gasteiger partial charge on any atom is -0.306 e. The maximum atomic E-state index is 12.7. The van der Waals surface area contributed by atoms with Crippen molar-refractivity contribution >= 4 is 5.78 Å². The first-order chi connectivity index (χ1) is 12.5. The quantitative estimate of drug-likeness (QED) is 0.854. The van der Waals surface area contributed by atoms with Crippen molar-refractivity contribution in [1.82, 2.24) is 15.0 Å². The molecule has 0 bridgehead atoms. The topological polar surface area (TPSA) is 99.5 Å². The zero-order valence-corrected chi connectivity index (χ0v) is 14.6. The molecule has 0 unspecified atom stereocenters. The third kappa shape index (κ3) is 2.24. The molecular formula is C20H18N4O2. The van der Waals surface area contributed by atoms with Gasteiger partial charge >= 0.3 is 0 Å². The van der Waals surface area contributed by atoms with Crippen LogP contribution in [0.5, 0.6) is 0 Å². The predicted molar refractivity (Wildman–Crippen MR) is 95.1 cm³/mol. The van der Waals surface area contributed by atoms with Crippen LogP contribution in [-0.4, -0.2) is 20.7 Å². The monoisotopic (exact) mass is 346 g/mol. The summed E-state index contributed by atoms with van der Waals surface area (Å²) in [4.78, 5) is 36.8. The van der Waals surface area contributed by atoms with Gasteiger partial charge in [0.25, 0.3) is 5.56 Å². The molecule has 1 N–H and O–H groups in total. The number of hydrogen-bond donors (Lipinski definition) is 1. The summed E-state index contributed by atoms with van der Waals surface area (Å²) in [6.45, 7) is 3.86. The number of nitrogens with zero attached hydrogens (tertiary/aromatic N) is 3. The number of H-pyrrole nitrogens is 1. The van der Waals surface area contributed by atoms with E-state index < -0.39 is 5.41 Å². The Kier molecular flexibility index (Phi) is 3.62. The Morgan fingerprint density at radius 1 is 1.31 bits per heavy atom. The number of aromatic nitrogens is 3. The summed E-state index contributed by atoms with van der Waals surface area (Å²) in [5, 5.41) is 9.38. The number of carbonyl (C=O) groups is 1. The van der Waals surface area contributed by atoms with Crippen LogP contribution in [0.4, 0.5) is 0 Å². The lowest BCUT2D eigenvalue weighted by atomic mass is 9.58. The number of nitriles is 1. The molecule has 0 aromatic carbocycles. The molecule has 0 spiro atoms. The number of nitrogens with one attached hydrogen (secondary N) is 1. The van der Waals surface area contributed by atoms with Gasteiger partial charge in [0, 0.05) is 34.9 Å².